The molecule has 1 fully saturated rings. The third-order valence-electron chi connectivity index (χ3n) is 6.44. The zero-order valence-electron chi connectivity index (χ0n) is 20.4. The highest BCUT2D eigenvalue weighted by Crippen LogP contribution is 2.42. The van der Waals surface area contributed by atoms with Crippen molar-refractivity contribution >= 4 is 17.6 Å². The van der Waals surface area contributed by atoms with Crippen molar-refractivity contribution in [3.05, 3.63) is 101 Å². The van der Waals surface area contributed by atoms with Crippen molar-refractivity contribution in [2.24, 2.45) is 0 Å². The van der Waals surface area contributed by atoms with Crippen LogP contribution in [0.3, 0.4) is 0 Å². The van der Waals surface area contributed by atoms with Gasteiger partial charge in [0.15, 0.2) is 0 Å². The van der Waals surface area contributed by atoms with Crippen molar-refractivity contribution in [3.8, 4) is 17.0 Å². The van der Waals surface area contributed by atoms with Gasteiger partial charge in [-0.05, 0) is 78.9 Å². The van der Waals surface area contributed by atoms with Gasteiger partial charge in [-0.25, -0.2) is 9.18 Å². The molecule has 188 valence electrons. The maximum absolute atomic E-state index is 13.2. The Kier molecular flexibility index (Phi) is 6.72. The van der Waals surface area contributed by atoms with Gasteiger partial charge in [0.2, 0.25) is 0 Å². The van der Waals surface area contributed by atoms with Crippen LogP contribution in [0.15, 0.2) is 72.8 Å². The van der Waals surface area contributed by atoms with Crippen LogP contribution in [0.4, 0.5) is 14.9 Å². The van der Waals surface area contributed by atoms with Crippen LogP contribution < -0.4 is 10.6 Å². The molecule has 1 heterocycles. The Balaban J connectivity index is 1.36. The number of halogens is 1. The molecule has 0 spiro atoms. The summed E-state index contributed by atoms with van der Waals surface area (Å²) in [7, 11) is 0. The van der Waals surface area contributed by atoms with Crippen molar-refractivity contribution in [2.45, 2.75) is 38.6 Å². The fourth-order valence-corrected chi connectivity index (χ4v) is 4.13. The molecular weight excluding hydrogens is 471 g/mol. The van der Waals surface area contributed by atoms with Crippen LogP contribution in [0.1, 0.15) is 52.9 Å². The van der Waals surface area contributed by atoms with E-state index in [0.29, 0.717) is 22.5 Å². The molecule has 8 heteroatoms. The Morgan fingerprint density at radius 2 is 1.70 bits per heavy atom. The van der Waals surface area contributed by atoms with E-state index < -0.39 is 6.03 Å². The zero-order chi connectivity index (χ0) is 25.9. The molecule has 0 bridgehead atoms. The van der Waals surface area contributed by atoms with Crippen molar-refractivity contribution in [2.75, 3.05) is 5.32 Å². The quantitative estimate of drug-likeness (QED) is 0.279. The lowest BCUT2D eigenvalue weighted by Gasteiger charge is -2.09. The van der Waals surface area contributed by atoms with E-state index in [9.17, 15) is 19.1 Å². The highest BCUT2D eigenvalue weighted by molar-refractivity contribution is 6.04. The van der Waals surface area contributed by atoms with Gasteiger partial charge in [0.05, 0.1) is 11.4 Å². The summed E-state index contributed by atoms with van der Waals surface area (Å²) >= 11 is 0. The van der Waals surface area contributed by atoms with Crippen LogP contribution in [0.2, 0.25) is 0 Å². The lowest BCUT2D eigenvalue weighted by atomic mass is 10.1. The number of aromatic nitrogens is 2. The van der Waals surface area contributed by atoms with Crippen LogP contribution in [-0.4, -0.2) is 26.8 Å². The van der Waals surface area contributed by atoms with Crippen LogP contribution >= 0.6 is 0 Å². The van der Waals surface area contributed by atoms with Crippen molar-refractivity contribution in [1.82, 2.24) is 15.1 Å². The Morgan fingerprint density at radius 3 is 2.38 bits per heavy atom. The topological polar surface area (TPSA) is 96.2 Å². The van der Waals surface area contributed by atoms with Crippen LogP contribution in [-0.2, 0) is 13.0 Å². The van der Waals surface area contributed by atoms with Gasteiger partial charge in [-0.15, -0.1) is 0 Å². The molecule has 7 nitrogen and oxygen atoms in total. The second-order valence-corrected chi connectivity index (χ2v) is 9.16. The number of carbonyl (C=O) groups excluding carboxylic acids is 2. The minimum Gasteiger partial charge on any atom is -0.507 e. The number of aryl methyl sites for hydroxylation is 1. The number of nitrogens with one attached hydrogen (secondary N) is 2. The zero-order valence-corrected chi connectivity index (χ0v) is 20.4. The summed E-state index contributed by atoms with van der Waals surface area (Å²) < 4.78 is 14.5. The summed E-state index contributed by atoms with van der Waals surface area (Å²) in [6, 6.07) is 19.5. The smallest absolute Gasteiger partial charge is 0.342 e. The summed E-state index contributed by atoms with van der Waals surface area (Å²) in [5.74, 6) is -0.392. The maximum Gasteiger partial charge on any atom is 0.342 e. The van der Waals surface area contributed by atoms with Crippen molar-refractivity contribution < 1.29 is 19.1 Å². The number of nitrogens with zero attached hydrogens (tertiary/aromatic N) is 2. The van der Waals surface area contributed by atoms with E-state index in [4.69, 9.17) is 0 Å². The predicted octanol–water partition coefficient (Wildman–Crippen LogP) is 5.84. The Bertz CT molecular complexity index is 1440. The van der Waals surface area contributed by atoms with Gasteiger partial charge in [-0.3, -0.25) is 4.79 Å². The van der Waals surface area contributed by atoms with E-state index in [2.05, 4.69) is 22.7 Å². The predicted molar refractivity (Wildman–Crippen MR) is 139 cm³/mol. The molecule has 3 aromatic carbocycles. The minimum atomic E-state index is -0.406. The Hall–Kier alpha value is -4.46. The van der Waals surface area contributed by atoms with Crippen molar-refractivity contribution in [1.29, 1.82) is 0 Å². The molecule has 0 saturated heterocycles. The molecule has 1 aliphatic carbocycles. The molecule has 4 aromatic rings. The normalized spacial score (nSPS) is 12.8. The number of anilines is 1. The van der Waals surface area contributed by atoms with E-state index in [1.165, 1.54) is 22.9 Å². The molecule has 0 aliphatic heterocycles. The number of carbonyl (C=O) groups is 2. The largest absolute Gasteiger partial charge is 0.507 e. The van der Waals surface area contributed by atoms with Gasteiger partial charge in [-0.1, -0.05) is 31.2 Å². The van der Waals surface area contributed by atoms with Gasteiger partial charge < -0.3 is 15.7 Å². The Labute approximate surface area is 214 Å². The average Bonchev–Trinajstić information content (AvgIpc) is 3.67. The number of aromatic hydroxyl groups is 1. The van der Waals surface area contributed by atoms with E-state index in [0.717, 1.165) is 36.1 Å². The number of phenolic OH excluding ortho intramolecular Hbond substituents is 1. The standard InChI is InChI=1S/C29H27FN4O3/c1-2-18-3-7-21(8-4-18)28(36)32-23-13-14-27(35)24(15-23)25-16-26(20-9-10-20)34(33-25)29(37)31-17-19-5-11-22(30)12-6-19/h3-8,11-16,20,35H,2,9-10,17H2,1H3,(H,31,37)(H,32,36). The number of hydrogen-bond donors (Lipinski definition) is 3. The molecular formula is C29H27FN4O3. The SMILES string of the molecule is CCc1ccc(C(=O)Nc2ccc(O)c(-c3cc(C4CC4)n(C(=O)NCc4ccc(F)cc4)n3)c2)cc1. The van der Waals surface area contributed by atoms with Crippen LogP contribution in [0.25, 0.3) is 11.3 Å². The first-order valence-electron chi connectivity index (χ1n) is 12.3. The van der Waals surface area contributed by atoms with E-state index in [1.54, 1.807) is 42.5 Å². The monoisotopic (exact) mass is 498 g/mol. The first kappa shape index (κ1) is 24.2. The van der Waals surface area contributed by atoms with Crippen LogP contribution in [0.5, 0.6) is 5.75 Å². The maximum atomic E-state index is 13.2. The van der Waals surface area contributed by atoms with Crippen molar-refractivity contribution in [3.63, 3.8) is 0 Å². The summed E-state index contributed by atoms with van der Waals surface area (Å²) in [5.41, 5.74) is 4.54. The summed E-state index contributed by atoms with van der Waals surface area (Å²) in [4.78, 5) is 25.7. The van der Waals surface area contributed by atoms with Gasteiger partial charge in [-0.2, -0.15) is 9.78 Å². The van der Waals surface area contributed by atoms with E-state index in [-0.39, 0.29) is 29.9 Å². The van der Waals surface area contributed by atoms with Crippen LogP contribution in [0, 0.1) is 5.82 Å². The van der Waals surface area contributed by atoms with Gasteiger partial charge in [0.1, 0.15) is 11.6 Å². The highest BCUT2D eigenvalue weighted by Gasteiger charge is 2.30. The number of hydrogen-bond acceptors (Lipinski definition) is 4. The number of amides is 2. The second-order valence-electron chi connectivity index (χ2n) is 9.16. The Morgan fingerprint density at radius 1 is 1.00 bits per heavy atom. The first-order chi connectivity index (χ1) is 17.9. The first-order valence-corrected chi connectivity index (χ1v) is 12.3. The van der Waals surface area contributed by atoms with E-state index in [1.807, 2.05) is 12.1 Å². The highest BCUT2D eigenvalue weighted by atomic mass is 19.1. The molecule has 37 heavy (non-hydrogen) atoms. The van der Waals surface area contributed by atoms with Gasteiger partial charge in [0, 0.05) is 29.3 Å². The van der Waals surface area contributed by atoms with Gasteiger partial charge >= 0.3 is 6.03 Å². The molecule has 0 unspecified atom stereocenters. The van der Waals surface area contributed by atoms with Gasteiger partial charge in [0.25, 0.3) is 5.91 Å². The molecule has 0 radical (unpaired) electrons. The number of benzene rings is 3. The minimum absolute atomic E-state index is 0.0102. The molecule has 1 aromatic heterocycles. The number of phenols is 1. The average molecular weight is 499 g/mol. The molecule has 1 aliphatic rings. The molecule has 1 saturated carbocycles. The summed E-state index contributed by atoms with van der Waals surface area (Å²) in [6.07, 6.45) is 2.80. The molecule has 3 N–H and O–H groups in total. The third kappa shape index (κ3) is 5.53. The summed E-state index contributed by atoms with van der Waals surface area (Å²) in [5, 5.41) is 20.8. The molecule has 2 amide bonds. The lowest BCUT2D eigenvalue weighted by Crippen LogP contribution is -2.30. The lowest BCUT2D eigenvalue weighted by molar-refractivity contribution is 0.102. The fraction of sp³-hybridized carbons (Fsp3) is 0.207. The molecule has 5 rings (SSSR count). The fourth-order valence-electron chi connectivity index (χ4n) is 4.13. The second kappa shape index (κ2) is 10.3. The van der Waals surface area contributed by atoms with E-state index >= 15 is 0 Å². The number of rotatable bonds is 7. The third-order valence-corrected chi connectivity index (χ3v) is 6.44. The molecule has 0 atom stereocenters. The summed E-state index contributed by atoms with van der Waals surface area (Å²) in [6.45, 7) is 2.28.